The van der Waals surface area contributed by atoms with E-state index >= 15 is 0 Å². The fraction of sp³-hybridized carbons (Fsp3) is 0.706. The number of hydrogen-bond donors (Lipinski definition) is 4. The Bertz CT molecular complexity index is 709. The maximum absolute atomic E-state index is 11.7. The fourth-order valence-electron chi connectivity index (χ4n) is 5.18. The van der Waals surface area contributed by atoms with Crippen LogP contribution < -0.4 is 16.4 Å². The zero-order valence-corrected chi connectivity index (χ0v) is 13.6. The van der Waals surface area contributed by atoms with E-state index in [1.54, 1.807) is 0 Å². The van der Waals surface area contributed by atoms with Gasteiger partial charge in [0.05, 0.1) is 11.2 Å². The van der Waals surface area contributed by atoms with Crippen molar-refractivity contribution in [3.05, 3.63) is 11.8 Å². The summed E-state index contributed by atoms with van der Waals surface area (Å²) in [4.78, 5) is 20.6. The van der Waals surface area contributed by atoms with Crippen LogP contribution in [-0.4, -0.2) is 37.7 Å². The SMILES string of the molecule is NC(=O)c1cnc(NC23CCC(O)(CC2)C3)nc1NC12CC(C1)C2. The molecule has 4 bridgehead atoms. The first-order chi connectivity index (χ1) is 11.4. The topological polar surface area (TPSA) is 113 Å². The maximum atomic E-state index is 11.7. The summed E-state index contributed by atoms with van der Waals surface area (Å²) in [6, 6.07) is 0. The number of carbonyl (C=O) groups excluding carboxylic acids is 1. The van der Waals surface area contributed by atoms with Gasteiger partial charge in [0.2, 0.25) is 5.95 Å². The third-order valence-corrected chi connectivity index (χ3v) is 6.66. The molecular weight excluding hydrogens is 306 g/mol. The summed E-state index contributed by atoms with van der Waals surface area (Å²) in [5.74, 6) is 1.38. The molecule has 1 aromatic heterocycles. The average molecular weight is 329 g/mol. The van der Waals surface area contributed by atoms with Crippen molar-refractivity contribution in [1.29, 1.82) is 0 Å². The molecule has 7 nitrogen and oxygen atoms in total. The Morgan fingerprint density at radius 2 is 1.88 bits per heavy atom. The van der Waals surface area contributed by atoms with Crippen molar-refractivity contribution in [2.24, 2.45) is 11.7 Å². The lowest BCUT2D eigenvalue weighted by atomic mass is 9.50. The van der Waals surface area contributed by atoms with E-state index in [2.05, 4.69) is 20.6 Å². The Balaban J connectivity index is 1.41. The van der Waals surface area contributed by atoms with Crippen molar-refractivity contribution in [3.8, 4) is 0 Å². The highest BCUT2D eigenvalue weighted by Gasteiger charge is 2.57. The van der Waals surface area contributed by atoms with Crippen LogP contribution in [0.2, 0.25) is 0 Å². The first kappa shape index (κ1) is 14.5. The predicted molar refractivity (Wildman–Crippen MR) is 88.6 cm³/mol. The number of nitrogens with one attached hydrogen (secondary N) is 2. The van der Waals surface area contributed by atoms with Crippen molar-refractivity contribution < 1.29 is 9.90 Å². The molecule has 5 N–H and O–H groups in total. The number of aromatic nitrogens is 2. The Hall–Kier alpha value is -1.89. The molecule has 0 aromatic carbocycles. The van der Waals surface area contributed by atoms with Crippen LogP contribution in [0.5, 0.6) is 0 Å². The van der Waals surface area contributed by atoms with Gasteiger partial charge in [-0.3, -0.25) is 4.79 Å². The lowest BCUT2D eigenvalue weighted by Crippen LogP contribution is -2.63. The van der Waals surface area contributed by atoms with Gasteiger partial charge in [-0.05, 0) is 57.3 Å². The average Bonchev–Trinajstić information content (AvgIpc) is 2.94. The van der Waals surface area contributed by atoms with Crippen molar-refractivity contribution >= 4 is 17.7 Å². The normalized spacial score (nSPS) is 41.5. The van der Waals surface area contributed by atoms with Gasteiger partial charge in [0.25, 0.3) is 5.91 Å². The van der Waals surface area contributed by atoms with Gasteiger partial charge in [0, 0.05) is 17.3 Å². The van der Waals surface area contributed by atoms with Crippen LogP contribution in [0.4, 0.5) is 11.8 Å². The summed E-state index contributed by atoms with van der Waals surface area (Å²) >= 11 is 0. The smallest absolute Gasteiger partial charge is 0.254 e. The number of carbonyl (C=O) groups is 1. The minimum absolute atomic E-state index is 0.111. The molecule has 1 amide bonds. The minimum Gasteiger partial charge on any atom is -0.390 e. The highest BCUT2D eigenvalue weighted by Crippen LogP contribution is 2.58. The van der Waals surface area contributed by atoms with Crippen LogP contribution in [0, 0.1) is 5.92 Å². The molecule has 0 aliphatic heterocycles. The Morgan fingerprint density at radius 1 is 1.17 bits per heavy atom. The van der Waals surface area contributed by atoms with Crippen LogP contribution in [0.15, 0.2) is 6.20 Å². The molecule has 1 heterocycles. The number of hydrogen-bond acceptors (Lipinski definition) is 6. The van der Waals surface area contributed by atoms with Crippen molar-refractivity contribution in [2.75, 3.05) is 10.6 Å². The van der Waals surface area contributed by atoms with E-state index in [-0.39, 0.29) is 11.1 Å². The monoisotopic (exact) mass is 329 g/mol. The molecule has 24 heavy (non-hydrogen) atoms. The summed E-state index contributed by atoms with van der Waals surface area (Å²) in [6.07, 6.45) is 9.22. The van der Waals surface area contributed by atoms with Crippen LogP contribution in [0.1, 0.15) is 61.7 Å². The molecule has 0 radical (unpaired) electrons. The van der Waals surface area contributed by atoms with Gasteiger partial charge in [-0.25, -0.2) is 4.98 Å². The number of primary amides is 1. The standard InChI is InChI=1S/C17H23N5O2/c18-12(23)11-8-19-14(20-13(11)21-16-5-10(6-16)7-16)22-15-1-3-17(24,9-15)4-2-15/h8,10,24H,1-7,9H2,(H2,18,23)(H2,19,20,21,22). The number of nitrogens with zero attached hydrogens (tertiary/aromatic N) is 2. The van der Waals surface area contributed by atoms with Crippen LogP contribution in [0.3, 0.4) is 0 Å². The molecule has 5 fully saturated rings. The van der Waals surface area contributed by atoms with Gasteiger partial charge in [0.15, 0.2) is 0 Å². The Morgan fingerprint density at radius 3 is 2.38 bits per heavy atom. The molecular formula is C17H23N5O2. The van der Waals surface area contributed by atoms with E-state index < -0.39 is 11.5 Å². The van der Waals surface area contributed by atoms with Gasteiger partial charge >= 0.3 is 0 Å². The van der Waals surface area contributed by atoms with Gasteiger partial charge in [0.1, 0.15) is 5.82 Å². The fourth-order valence-corrected chi connectivity index (χ4v) is 5.18. The summed E-state index contributed by atoms with van der Waals surface area (Å²) < 4.78 is 0. The first-order valence-corrected chi connectivity index (χ1v) is 8.84. The summed E-state index contributed by atoms with van der Waals surface area (Å²) in [6.45, 7) is 0. The van der Waals surface area contributed by atoms with E-state index in [1.165, 1.54) is 6.20 Å². The van der Waals surface area contributed by atoms with Crippen LogP contribution in [0.25, 0.3) is 0 Å². The highest BCUT2D eigenvalue weighted by atomic mass is 16.3. The quantitative estimate of drug-likeness (QED) is 0.649. The number of fused-ring (bicyclic) bond motifs is 2. The number of nitrogens with two attached hydrogens (primary N) is 1. The minimum atomic E-state index is -0.521. The zero-order valence-electron chi connectivity index (χ0n) is 13.6. The molecule has 6 rings (SSSR count). The largest absolute Gasteiger partial charge is 0.390 e. The maximum Gasteiger partial charge on any atom is 0.254 e. The number of rotatable bonds is 5. The number of anilines is 2. The van der Waals surface area contributed by atoms with E-state index in [4.69, 9.17) is 5.73 Å². The first-order valence-electron chi connectivity index (χ1n) is 8.84. The van der Waals surface area contributed by atoms with E-state index in [9.17, 15) is 9.90 Å². The molecule has 0 unspecified atom stereocenters. The lowest BCUT2D eigenvalue weighted by molar-refractivity contribution is 0.00177. The number of aliphatic hydroxyl groups is 1. The third-order valence-electron chi connectivity index (χ3n) is 6.66. The summed E-state index contributed by atoms with van der Waals surface area (Å²) in [7, 11) is 0. The molecule has 5 saturated carbocycles. The van der Waals surface area contributed by atoms with Crippen molar-refractivity contribution in [1.82, 2.24) is 9.97 Å². The zero-order chi connectivity index (χ0) is 16.6. The second-order valence-electron chi connectivity index (χ2n) is 8.51. The molecule has 0 saturated heterocycles. The molecule has 128 valence electrons. The van der Waals surface area contributed by atoms with Crippen LogP contribution >= 0.6 is 0 Å². The van der Waals surface area contributed by atoms with E-state index in [1.807, 2.05) is 0 Å². The summed E-state index contributed by atoms with van der Waals surface area (Å²) in [5, 5.41) is 17.3. The Labute approximate surface area is 140 Å². The number of amides is 1. The van der Waals surface area contributed by atoms with Gasteiger partial charge in [-0.1, -0.05) is 0 Å². The van der Waals surface area contributed by atoms with Crippen molar-refractivity contribution in [2.45, 2.75) is 68.0 Å². The second kappa shape index (κ2) is 4.39. The molecule has 0 spiro atoms. The highest BCUT2D eigenvalue weighted by molar-refractivity contribution is 5.97. The molecule has 1 aromatic rings. The summed E-state index contributed by atoms with van der Waals surface area (Å²) in [5.41, 5.74) is 5.30. The lowest BCUT2D eigenvalue weighted by Gasteiger charge is -2.62. The molecule has 5 aliphatic rings. The van der Waals surface area contributed by atoms with Gasteiger partial charge in [-0.15, -0.1) is 0 Å². The van der Waals surface area contributed by atoms with Gasteiger partial charge in [-0.2, -0.15) is 4.98 Å². The predicted octanol–water partition coefficient (Wildman–Crippen LogP) is 1.40. The van der Waals surface area contributed by atoms with Gasteiger partial charge < -0.3 is 21.5 Å². The van der Waals surface area contributed by atoms with E-state index in [0.717, 1.165) is 57.3 Å². The van der Waals surface area contributed by atoms with Crippen molar-refractivity contribution in [3.63, 3.8) is 0 Å². The molecule has 5 aliphatic carbocycles. The second-order valence-corrected chi connectivity index (χ2v) is 8.51. The third kappa shape index (κ3) is 2.03. The molecule has 0 atom stereocenters. The Kier molecular flexibility index (Phi) is 2.64. The van der Waals surface area contributed by atoms with Crippen LogP contribution in [-0.2, 0) is 0 Å². The van der Waals surface area contributed by atoms with E-state index in [0.29, 0.717) is 17.3 Å². The molecule has 7 heteroatoms.